The molecule has 2 aromatic carbocycles. The highest BCUT2D eigenvalue weighted by molar-refractivity contribution is 9.11. The molecule has 0 saturated heterocycles. The molecule has 0 unspecified atom stereocenters. The van der Waals surface area contributed by atoms with Crippen molar-refractivity contribution in [1.82, 2.24) is 0 Å². The molecular weight excluding hydrogens is 356 g/mol. The maximum atomic E-state index is 11.9. The van der Waals surface area contributed by atoms with E-state index in [1.165, 1.54) is 0 Å². The summed E-state index contributed by atoms with van der Waals surface area (Å²) in [5.41, 5.74) is 1.67. The van der Waals surface area contributed by atoms with Gasteiger partial charge in [0.15, 0.2) is 5.78 Å². The Hall–Kier alpha value is -1.19. The first-order valence-electron chi connectivity index (χ1n) is 5.39. The van der Waals surface area contributed by atoms with Gasteiger partial charge in [-0.25, -0.2) is 0 Å². The van der Waals surface area contributed by atoms with E-state index in [9.17, 15) is 4.79 Å². The molecule has 0 saturated carbocycles. The molecule has 0 amide bonds. The summed E-state index contributed by atoms with van der Waals surface area (Å²) in [4.78, 5) is 11.9. The Morgan fingerprint density at radius 2 is 1.56 bits per heavy atom. The summed E-state index contributed by atoms with van der Waals surface area (Å²) < 4.78 is 1.95. The lowest BCUT2D eigenvalue weighted by Crippen LogP contribution is -1.92. The lowest BCUT2D eigenvalue weighted by atomic mass is 10.1. The highest BCUT2D eigenvalue weighted by atomic mass is 79.9. The summed E-state index contributed by atoms with van der Waals surface area (Å²) in [5, 5.41) is 0. The number of halogens is 2. The van der Waals surface area contributed by atoms with Gasteiger partial charge in [0.25, 0.3) is 0 Å². The first kappa shape index (κ1) is 13.2. The van der Waals surface area contributed by atoms with Gasteiger partial charge in [-0.3, -0.25) is 4.79 Å². The zero-order valence-electron chi connectivity index (χ0n) is 9.44. The Morgan fingerprint density at radius 3 is 2.17 bits per heavy atom. The third-order valence-electron chi connectivity index (χ3n) is 2.37. The van der Waals surface area contributed by atoms with Gasteiger partial charge in [0.2, 0.25) is 0 Å². The monoisotopic (exact) mass is 364 g/mol. The SMILES string of the molecule is O=C(/C=C/c1cc(Br)cc(Br)c1)c1ccccc1. The normalized spacial score (nSPS) is 10.8. The molecular formula is C15H10Br2O. The quantitative estimate of drug-likeness (QED) is 0.545. The third-order valence-corrected chi connectivity index (χ3v) is 3.29. The van der Waals surface area contributed by atoms with Gasteiger partial charge < -0.3 is 0 Å². The van der Waals surface area contributed by atoms with Crippen molar-refractivity contribution in [2.24, 2.45) is 0 Å². The molecule has 90 valence electrons. The Balaban J connectivity index is 2.18. The number of hydrogen-bond acceptors (Lipinski definition) is 1. The van der Waals surface area contributed by atoms with E-state index in [0.717, 1.165) is 14.5 Å². The van der Waals surface area contributed by atoms with Crippen molar-refractivity contribution in [2.45, 2.75) is 0 Å². The topological polar surface area (TPSA) is 17.1 Å². The predicted octanol–water partition coefficient (Wildman–Crippen LogP) is 5.11. The molecule has 0 heterocycles. The third kappa shape index (κ3) is 3.65. The molecule has 3 heteroatoms. The number of carbonyl (C=O) groups excluding carboxylic acids is 1. The van der Waals surface area contributed by atoms with Gasteiger partial charge in [-0.05, 0) is 29.8 Å². The average Bonchev–Trinajstić information content (AvgIpc) is 2.36. The van der Waals surface area contributed by atoms with Crippen molar-refractivity contribution >= 4 is 43.7 Å². The summed E-state index contributed by atoms with van der Waals surface area (Å²) in [7, 11) is 0. The lowest BCUT2D eigenvalue weighted by Gasteiger charge is -1.98. The standard InChI is InChI=1S/C15H10Br2O/c16-13-8-11(9-14(17)10-13)6-7-15(18)12-4-2-1-3-5-12/h1-10H/b7-6+. The van der Waals surface area contributed by atoms with Crippen molar-refractivity contribution in [3.8, 4) is 0 Å². The fourth-order valence-corrected chi connectivity index (χ4v) is 2.87. The van der Waals surface area contributed by atoms with Gasteiger partial charge in [0, 0.05) is 14.5 Å². The Kier molecular flexibility index (Phi) is 4.50. The van der Waals surface area contributed by atoms with Crippen LogP contribution in [-0.4, -0.2) is 5.78 Å². The Morgan fingerprint density at radius 1 is 0.944 bits per heavy atom. The highest BCUT2D eigenvalue weighted by Gasteiger charge is 2.00. The minimum Gasteiger partial charge on any atom is -0.289 e. The van der Waals surface area contributed by atoms with Crippen LogP contribution in [0.3, 0.4) is 0 Å². The van der Waals surface area contributed by atoms with E-state index in [4.69, 9.17) is 0 Å². The maximum absolute atomic E-state index is 11.9. The van der Waals surface area contributed by atoms with Crippen LogP contribution >= 0.6 is 31.9 Å². The zero-order chi connectivity index (χ0) is 13.0. The molecule has 1 nitrogen and oxygen atoms in total. The molecule has 0 bridgehead atoms. The van der Waals surface area contributed by atoms with Crippen molar-refractivity contribution in [3.05, 3.63) is 74.7 Å². The van der Waals surface area contributed by atoms with E-state index in [1.807, 2.05) is 54.6 Å². The fourth-order valence-electron chi connectivity index (χ4n) is 1.54. The van der Waals surface area contributed by atoms with Gasteiger partial charge in [0.1, 0.15) is 0 Å². The molecule has 0 radical (unpaired) electrons. The smallest absolute Gasteiger partial charge is 0.185 e. The second kappa shape index (κ2) is 6.12. The average molecular weight is 366 g/mol. The number of hydrogen-bond donors (Lipinski definition) is 0. The van der Waals surface area contributed by atoms with E-state index < -0.39 is 0 Å². The summed E-state index contributed by atoms with van der Waals surface area (Å²) >= 11 is 6.83. The molecule has 18 heavy (non-hydrogen) atoms. The molecule has 0 aliphatic rings. The number of carbonyl (C=O) groups is 1. The van der Waals surface area contributed by atoms with Crippen LogP contribution in [0, 0.1) is 0 Å². The van der Waals surface area contributed by atoms with E-state index >= 15 is 0 Å². The summed E-state index contributed by atoms with van der Waals surface area (Å²) in [6, 6.07) is 15.1. The van der Waals surface area contributed by atoms with Crippen molar-refractivity contribution in [3.63, 3.8) is 0 Å². The minimum atomic E-state index is 0.00620. The summed E-state index contributed by atoms with van der Waals surface area (Å²) in [6.45, 7) is 0. The van der Waals surface area contributed by atoms with Crippen LogP contribution in [0.4, 0.5) is 0 Å². The molecule has 0 spiro atoms. The number of ketones is 1. The Labute approximate surface area is 123 Å². The molecule has 2 aromatic rings. The van der Waals surface area contributed by atoms with Gasteiger partial charge in [-0.15, -0.1) is 0 Å². The van der Waals surface area contributed by atoms with E-state index in [0.29, 0.717) is 5.56 Å². The highest BCUT2D eigenvalue weighted by Crippen LogP contribution is 2.21. The van der Waals surface area contributed by atoms with Gasteiger partial charge >= 0.3 is 0 Å². The predicted molar refractivity (Wildman–Crippen MR) is 81.6 cm³/mol. The van der Waals surface area contributed by atoms with Crippen LogP contribution in [0.1, 0.15) is 15.9 Å². The van der Waals surface area contributed by atoms with Crippen molar-refractivity contribution < 1.29 is 4.79 Å². The summed E-state index contributed by atoms with van der Waals surface area (Å²) in [6.07, 6.45) is 3.40. The second-order valence-electron chi connectivity index (χ2n) is 3.77. The molecule has 0 atom stereocenters. The molecule has 0 N–H and O–H groups in total. The largest absolute Gasteiger partial charge is 0.289 e. The number of allylic oxidation sites excluding steroid dienone is 1. The van der Waals surface area contributed by atoms with E-state index in [1.54, 1.807) is 6.08 Å². The van der Waals surface area contributed by atoms with Gasteiger partial charge in [-0.2, -0.15) is 0 Å². The van der Waals surface area contributed by atoms with Crippen LogP contribution < -0.4 is 0 Å². The molecule has 0 fully saturated rings. The van der Waals surface area contributed by atoms with Crippen LogP contribution in [0.2, 0.25) is 0 Å². The molecule has 0 aliphatic carbocycles. The van der Waals surface area contributed by atoms with Crippen LogP contribution in [0.15, 0.2) is 63.6 Å². The molecule has 2 rings (SSSR count). The van der Waals surface area contributed by atoms with Gasteiger partial charge in [-0.1, -0.05) is 68.3 Å². The fraction of sp³-hybridized carbons (Fsp3) is 0. The first-order valence-corrected chi connectivity index (χ1v) is 6.97. The molecule has 0 aromatic heterocycles. The van der Waals surface area contributed by atoms with E-state index in [-0.39, 0.29) is 5.78 Å². The molecule has 0 aliphatic heterocycles. The van der Waals surface area contributed by atoms with Crippen molar-refractivity contribution in [2.75, 3.05) is 0 Å². The second-order valence-corrected chi connectivity index (χ2v) is 5.60. The van der Waals surface area contributed by atoms with E-state index in [2.05, 4.69) is 31.9 Å². The lowest BCUT2D eigenvalue weighted by molar-refractivity contribution is 0.104. The van der Waals surface area contributed by atoms with Crippen LogP contribution in [0.5, 0.6) is 0 Å². The van der Waals surface area contributed by atoms with Crippen molar-refractivity contribution in [1.29, 1.82) is 0 Å². The first-order chi connectivity index (χ1) is 8.65. The van der Waals surface area contributed by atoms with Crippen LogP contribution in [-0.2, 0) is 0 Å². The summed E-state index contributed by atoms with van der Waals surface area (Å²) in [5.74, 6) is 0.00620. The van der Waals surface area contributed by atoms with Crippen LogP contribution in [0.25, 0.3) is 6.08 Å². The Bertz CT molecular complexity index is 568. The number of benzene rings is 2. The van der Waals surface area contributed by atoms with Gasteiger partial charge in [0.05, 0.1) is 0 Å². The maximum Gasteiger partial charge on any atom is 0.185 e. The minimum absolute atomic E-state index is 0.00620. The zero-order valence-corrected chi connectivity index (χ0v) is 12.6. The number of rotatable bonds is 3.